The van der Waals surface area contributed by atoms with Crippen LogP contribution in [-0.2, 0) is 11.3 Å². The van der Waals surface area contributed by atoms with Gasteiger partial charge < -0.3 is 15.4 Å². The van der Waals surface area contributed by atoms with Gasteiger partial charge in [0.05, 0.1) is 36.4 Å². The molecule has 6 nitrogen and oxygen atoms in total. The van der Waals surface area contributed by atoms with Crippen LogP contribution < -0.4 is 15.4 Å². The number of hydrogen-bond donors (Lipinski definition) is 2. The van der Waals surface area contributed by atoms with E-state index in [4.69, 9.17) is 4.74 Å². The molecule has 25 heavy (non-hydrogen) atoms. The quantitative estimate of drug-likeness (QED) is 0.723. The van der Waals surface area contributed by atoms with E-state index in [2.05, 4.69) is 15.7 Å². The second-order valence-corrected chi connectivity index (χ2v) is 5.53. The monoisotopic (exact) mass is 336 g/mol. The summed E-state index contributed by atoms with van der Waals surface area (Å²) in [5.41, 5.74) is 3.38. The molecule has 0 aliphatic carbocycles. The molecule has 0 aliphatic heterocycles. The number of carbonyl (C=O) groups excluding carboxylic acids is 1. The van der Waals surface area contributed by atoms with E-state index in [1.54, 1.807) is 13.2 Å². The van der Waals surface area contributed by atoms with Crippen molar-refractivity contribution in [2.24, 2.45) is 0 Å². The van der Waals surface area contributed by atoms with E-state index in [1.165, 1.54) is 6.92 Å². The van der Waals surface area contributed by atoms with Gasteiger partial charge >= 0.3 is 0 Å². The Morgan fingerprint density at radius 3 is 2.64 bits per heavy atom. The smallest absolute Gasteiger partial charge is 0.221 e. The van der Waals surface area contributed by atoms with E-state index in [9.17, 15) is 4.79 Å². The van der Waals surface area contributed by atoms with Gasteiger partial charge in [-0.05, 0) is 30.3 Å². The average Bonchev–Trinajstić information content (AvgIpc) is 3.10. The second kappa shape index (κ2) is 7.53. The minimum atomic E-state index is -0.124. The third-order valence-corrected chi connectivity index (χ3v) is 3.66. The van der Waals surface area contributed by atoms with Crippen LogP contribution in [0.3, 0.4) is 0 Å². The Bertz CT molecular complexity index is 859. The fourth-order valence-corrected chi connectivity index (χ4v) is 2.46. The first-order valence-corrected chi connectivity index (χ1v) is 7.95. The summed E-state index contributed by atoms with van der Waals surface area (Å²) in [5.74, 6) is 0.591. The van der Waals surface area contributed by atoms with Gasteiger partial charge in [0.1, 0.15) is 5.75 Å². The highest BCUT2D eigenvalue weighted by molar-refractivity contribution is 5.92. The Kier molecular flexibility index (Phi) is 4.99. The molecule has 1 aromatic heterocycles. The predicted molar refractivity (Wildman–Crippen MR) is 98.2 cm³/mol. The standard InChI is InChI=1S/C19H20N4O2/c1-14(24)21-18-9-8-17(25-2)12-19(18)20-13-15-10-11-23(22-15)16-6-4-3-5-7-16/h3-12,20H,13H2,1-2H3,(H,21,24). The van der Waals surface area contributed by atoms with Gasteiger partial charge in [-0.15, -0.1) is 0 Å². The molecule has 0 bridgehead atoms. The highest BCUT2D eigenvalue weighted by Gasteiger charge is 2.07. The Labute approximate surface area is 146 Å². The molecule has 0 aliphatic rings. The van der Waals surface area contributed by atoms with E-state index in [0.29, 0.717) is 18.0 Å². The molecule has 3 aromatic rings. The summed E-state index contributed by atoms with van der Waals surface area (Å²) < 4.78 is 7.09. The number of anilines is 2. The van der Waals surface area contributed by atoms with Gasteiger partial charge in [0.2, 0.25) is 5.91 Å². The number of methoxy groups -OCH3 is 1. The predicted octanol–water partition coefficient (Wildman–Crippen LogP) is 3.45. The summed E-state index contributed by atoms with van der Waals surface area (Å²) in [6, 6.07) is 17.4. The molecule has 0 saturated carbocycles. The van der Waals surface area contributed by atoms with Gasteiger partial charge in [-0.25, -0.2) is 4.68 Å². The zero-order valence-corrected chi connectivity index (χ0v) is 14.2. The zero-order chi connectivity index (χ0) is 17.6. The number of carbonyl (C=O) groups is 1. The van der Waals surface area contributed by atoms with Crippen molar-refractivity contribution >= 4 is 17.3 Å². The molecule has 3 rings (SSSR count). The Hall–Kier alpha value is -3.28. The molecule has 0 fully saturated rings. The van der Waals surface area contributed by atoms with Crippen molar-refractivity contribution in [2.45, 2.75) is 13.5 Å². The molecule has 0 saturated heterocycles. The average molecular weight is 336 g/mol. The van der Waals surface area contributed by atoms with Crippen LogP contribution in [0.4, 0.5) is 11.4 Å². The van der Waals surface area contributed by atoms with Gasteiger partial charge in [-0.2, -0.15) is 5.10 Å². The van der Waals surface area contributed by atoms with Crippen LogP contribution in [0.15, 0.2) is 60.8 Å². The van der Waals surface area contributed by atoms with Crippen LogP contribution in [0.2, 0.25) is 0 Å². The molecule has 0 radical (unpaired) electrons. The van der Waals surface area contributed by atoms with Gasteiger partial charge in [-0.1, -0.05) is 18.2 Å². The van der Waals surface area contributed by atoms with Crippen molar-refractivity contribution in [3.63, 3.8) is 0 Å². The van der Waals surface area contributed by atoms with Crippen molar-refractivity contribution in [1.29, 1.82) is 0 Å². The van der Waals surface area contributed by atoms with Crippen molar-refractivity contribution in [1.82, 2.24) is 9.78 Å². The molecule has 128 valence electrons. The molecule has 0 spiro atoms. The van der Waals surface area contributed by atoms with Gasteiger partial charge in [0.25, 0.3) is 0 Å². The first-order valence-electron chi connectivity index (χ1n) is 7.95. The highest BCUT2D eigenvalue weighted by Crippen LogP contribution is 2.27. The zero-order valence-electron chi connectivity index (χ0n) is 14.2. The molecule has 2 aromatic carbocycles. The lowest BCUT2D eigenvalue weighted by atomic mass is 10.2. The normalized spacial score (nSPS) is 10.3. The minimum Gasteiger partial charge on any atom is -0.497 e. The summed E-state index contributed by atoms with van der Waals surface area (Å²) in [6.07, 6.45) is 1.92. The number of aromatic nitrogens is 2. The van der Waals surface area contributed by atoms with Gasteiger partial charge in [-0.3, -0.25) is 4.79 Å². The third kappa shape index (κ3) is 4.17. The number of rotatable bonds is 6. The Morgan fingerprint density at radius 2 is 1.92 bits per heavy atom. The molecular weight excluding hydrogens is 316 g/mol. The van der Waals surface area contributed by atoms with E-state index >= 15 is 0 Å². The number of ether oxygens (including phenoxy) is 1. The van der Waals surface area contributed by atoms with Crippen LogP contribution in [-0.4, -0.2) is 22.8 Å². The number of hydrogen-bond acceptors (Lipinski definition) is 4. The molecule has 1 heterocycles. The van der Waals surface area contributed by atoms with Crippen LogP contribution in [0, 0.1) is 0 Å². The Balaban J connectivity index is 1.75. The molecule has 6 heteroatoms. The van der Waals surface area contributed by atoms with Crippen molar-refractivity contribution < 1.29 is 9.53 Å². The summed E-state index contributed by atoms with van der Waals surface area (Å²) in [6.45, 7) is 2.01. The SMILES string of the molecule is COc1ccc(NC(C)=O)c(NCc2ccn(-c3ccccc3)n2)c1. The lowest BCUT2D eigenvalue weighted by molar-refractivity contribution is -0.114. The van der Waals surface area contributed by atoms with Gasteiger partial charge in [0, 0.05) is 19.2 Å². The van der Waals surface area contributed by atoms with Crippen LogP contribution >= 0.6 is 0 Å². The lowest BCUT2D eigenvalue weighted by Crippen LogP contribution is -2.10. The van der Waals surface area contributed by atoms with E-state index in [-0.39, 0.29) is 5.91 Å². The van der Waals surface area contributed by atoms with E-state index in [1.807, 2.05) is 59.4 Å². The second-order valence-electron chi connectivity index (χ2n) is 5.53. The molecule has 0 unspecified atom stereocenters. The van der Waals surface area contributed by atoms with E-state index < -0.39 is 0 Å². The molecule has 1 amide bonds. The maximum Gasteiger partial charge on any atom is 0.221 e. The van der Waals surface area contributed by atoms with Crippen molar-refractivity contribution in [3.05, 3.63) is 66.5 Å². The fraction of sp³-hybridized carbons (Fsp3) is 0.158. The summed E-state index contributed by atoms with van der Waals surface area (Å²) in [7, 11) is 1.61. The largest absolute Gasteiger partial charge is 0.497 e. The number of para-hydroxylation sites is 1. The molecule has 2 N–H and O–H groups in total. The first kappa shape index (κ1) is 16.6. The summed E-state index contributed by atoms with van der Waals surface area (Å²) >= 11 is 0. The first-order chi connectivity index (χ1) is 12.2. The number of nitrogens with one attached hydrogen (secondary N) is 2. The minimum absolute atomic E-state index is 0.124. The van der Waals surface area contributed by atoms with Crippen molar-refractivity contribution in [3.8, 4) is 11.4 Å². The van der Waals surface area contributed by atoms with Crippen LogP contribution in [0.5, 0.6) is 5.75 Å². The lowest BCUT2D eigenvalue weighted by Gasteiger charge is -2.13. The highest BCUT2D eigenvalue weighted by atomic mass is 16.5. The number of nitrogens with zero attached hydrogens (tertiary/aromatic N) is 2. The molecular formula is C19H20N4O2. The van der Waals surface area contributed by atoms with Crippen LogP contribution in [0.1, 0.15) is 12.6 Å². The third-order valence-electron chi connectivity index (χ3n) is 3.66. The number of benzene rings is 2. The van der Waals surface area contributed by atoms with Crippen LogP contribution in [0.25, 0.3) is 5.69 Å². The summed E-state index contributed by atoms with van der Waals surface area (Å²) in [5, 5.41) is 10.7. The summed E-state index contributed by atoms with van der Waals surface area (Å²) in [4.78, 5) is 11.4. The van der Waals surface area contributed by atoms with Crippen molar-refractivity contribution in [2.75, 3.05) is 17.7 Å². The topological polar surface area (TPSA) is 68.2 Å². The van der Waals surface area contributed by atoms with E-state index in [0.717, 1.165) is 17.1 Å². The maximum absolute atomic E-state index is 11.4. The Morgan fingerprint density at radius 1 is 1.12 bits per heavy atom. The number of amides is 1. The maximum atomic E-state index is 11.4. The fourth-order valence-electron chi connectivity index (χ4n) is 2.46. The molecule has 0 atom stereocenters. The van der Waals surface area contributed by atoms with Gasteiger partial charge in [0.15, 0.2) is 0 Å².